The van der Waals surface area contributed by atoms with Crippen LogP contribution in [0.25, 0.3) is 5.52 Å². The molecule has 2 aromatic heterocycles. The molecule has 1 unspecified atom stereocenters. The van der Waals surface area contributed by atoms with Crippen molar-refractivity contribution >= 4 is 11.2 Å². The van der Waals surface area contributed by atoms with Crippen LogP contribution in [0.15, 0.2) is 24.7 Å². The van der Waals surface area contributed by atoms with E-state index in [0.29, 0.717) is 0 Å². The van der Waals surface area contributed by atoms with E-state index in [4.69, 9.17) is 10.8 Å². The third-order valence-electron chi connectivity index (χ3n) is 2.62. The van der Waals surface area contributed by atoms with Crippen LogP contribution in [-0.4, -0.2) is 35.2 Å². The molecule has 0 aliphatic rings. The topological polar surface area (TPSA) is 66.8 Å². The van der Waals surface area contributed by atoms with E-state index in [1.807, 2.05) is 41.7 Å². The summed E-state index contributed by atoms with van der Waals surface area (Å²) in [5.41, 5.74) is 8.54. The van der Waals surface area contributed by atoms with Gasteiger partial charge in [0.1, 0.15) is 0 Å². The van der Waals surface area contributed by atoms with E-state index in [1.165, 1.54) is 0 Å². The monoisotopic (exact) mass is 220 g/mol. The van der Waals surface area contributed by atoms with Crippen LogP contribution in [0.4, 0.5) is 5.69 Å². The molecule has 5 heteroatoms. The summed E-state index contributed by atoms with van der Waals surface area (Å²) < 4.78 is 1.90. The predicted octanol–water partition coefficient (Wildman–Crippen LogP) is 0.392. The fourth-order valence-corrected chi connectivity index (χ4v) is 1.65. The number of hydrogen-bond donors (Lipinski definition) is 2. The Labute approximate surface area is 94.1 Å². The van der Waals surface area contributed by atoms with Crippen LogP contribution in [0.5, 0.6) is 0 Å². The quantitative estimate of drug-likeness (QED) is 0.785. The van der Waals surface area contributed by atoms with Crippen molar-refractivity contribution in [3.63, 3.8) is 0 Å². The highest BCUT2D eigenvalue weighted by Crippen LogP contribution is 2.20. The van der Waals surface area contributed by atoms with Crippen molar-refractivity contribution in [2.75, 3.05) is 25.6 Å². The molecule has 2 heterocycles. The number of aliphatic hydroxyl groups is 1. The first-order valence-corrected chi connectivity index (χ1v) is 5.14. The first-order chi connectivity index (χ1) is 7.63. The van der Waals surface area contributed by atoms with E-state index in [0.717, 1.165) is 16.9 Å². The maximum absolute atomic E-state index is 9.06. The molecule has 0 aromatic carbocycles. The molecule has 16 heavy (non-hydrogen) atoms. The van der Waals surface area contributed by atoms with Crippen molar-refractivity contribution in [1.82, 2.24) is 9.38 Å². The SMILES string of the molecule is CN(C)c1ccn2cnc(C(N)CO)c2c1. The second kappa shape index (κ2) is 4.11. The maximum atomic E-state index is 9.06. The van der Waals surface area contributed by atoms with Crippen molar-refractivity contribution in [3.05, 3.63) is 30.4 Å². The van der Waals surface area contributed by atoms with Crippen molar-refractivity contribution in [1.29, 1.82) is 0 Å². The van der Waals surface area contributed by atoms with Crippen LogP contribution in [-0.2, 0) is 0 Å². The van der Waals surface area contributed by atoms with Crippen LogP contribution in [0.1, 0.15) is 11.7 Å². The minimum Gasteiger partial charge on any atom is -0.394 e. The highest BCUT2D eigenvalue weighted by Gasteiger charge is 2.12. The number of hydrogen-bond acceptors (Lipinski definition) is 4. The molecule has 0 fully saturated rings. The largest absolute Gasteiger partial charge is 0.394 e. The summed E-state index contributed by atoms with van der Waals surface area (Å²) in [6.45, 7) is -0.0983. The van der Waals surface area contributed by atoms with Gasteiger partial charge in [0.2, 0.25) is 0 Å². The number of imidazole rings is 1. The van der Waals surface area contributed by atoms with Gasteiger partial charge in [-0.05, 0) is 12.1 Å². The molecule has 0 saturated heterocycles. The number of anilines is 1. The van der Waals surface area contributed by atoms with Crippen LogP contribution in [0, 0.1) is 0 Å². The Morgan fingerprint density at radius 2 is 2.31 bits per heavy atom. The minimum atomic E-state index is -0.428. The number of nitrogens with two attached hydrogens (primary N) is 1. The lowest BCUT2D eigenvalue weighted by molar-refractivity contribution is 0.267. The smallest absolute Gasteiger partial charge is 0.0996 e. The molecule has 0 radical (unpaired) electrons. The highest BCUT2D eigenvalue weighted by molar-refractivity contribution is 5.62. The van der Waals surface area contributed by atoms with E-state index in [1.54, 1.807) is 6.33 Å². The lowest BCUT2D eigenvalue weighted by Gasteiger charge is -2.13. The average Bonchev–Trinajstić information content (AvgIpc) is 2.70. The van der Waals surface area contributed by atoms with Gasteiger partial charge in [0, 0.05) is 26.0 Å². The minimum absolute atomic E-state index is 0.0983. The molecule has 0 amide bonds. The Balaban J connectivity index is 2.55. The Kier molecular flexibility index (Phi) is 2.80. The van der Waals surface area contributed by atoms with Gasteiger partial charge in [-0.15, -0.1) is 0 Å². The fraction of sp³-hybridized carbons (Fsp3) is 0.364. The average molecular weight is 220 g/mol. The van der Waals surface area contributed by atoms with E-state index in [-0.39, 0.29) is 6.61 Å². The Hall–Kier alpha value is -1.59. The van der Waals surface area contributed by atoms with Gasteiger partial charge >= 0.3 is 0 Å². The zero-order chi connectivity index (χ0) is 11.7. The molecule has 0 bridgehead atoms. The number of aliphatic hydroxyl groups excluding tert-OH is 1. The molecule has 86 valence electrons. The third kappa shape index (κ3) is 1.75. The number of fused-ring (bicyclic) bond motifs is 1. The van der Waals surface area contributed by atoms with Crippen molar-refractivity contribution in [2.45, 2.75) is 6.04 Å². The Bertz CT molecular complexity index is 492. The second-order valence-corrected chi connectivity index (χ2v) is 3.99. The summed E-state index contributed by atoms with van der Waals surface area (Å²) in [5, 5.41) is 9.06. The molecule has 0 aliphatic heterocycles. The molecular weight excluding hydrogens is 204 g/mol. The first-order valence-electron chi connectivity index (χ1n) is 5.14. The number of aromatic nitrogens is 2. The second-order valence-electron chi connectivity index (χ2n) is 3.99. The Morgan fingerprint density at radius 1 is 1.56 bits per heavy atom. The molecule has 0 saturated carbocycles. The van der Waals surface area contributed by atoms with Crippen LogP contribution >= 0.6 is 0 Å². The fourth-order valence-electron chi connectivity index (χ4n) is 1.65. The first kappa shape index (κ1) is 10.9. The summed E-state index contributed by atoms with van der Waals surface area (Å²) in [6.07, 6.45) is 3.64. The van der Waals surface area contributed by atoms with Gasteiger partial charge in [0.05, 0.1) is 30.2 Å². The summed E-state index contributed by atoms with van der Waals surface area (Å²) in [4.78, 5) is 6.24. The number of nitrogens with zero attached hydrogens (tertiary/aromatic N) is 3. The standard InChI is InChI=1S/C11H16N4O/c1-14(2)8-3-4-15-7-13-11(9(12)6-16)10(15)5-8/h3-5,7,9,16H,6,12H2,1-2H3. The van der Waals surface area contributed by atoms with E-state index in [2.05, 4.69) is 4.98 Å². The van der Waals surface area contributed by atoms with Gasteiger partial charge in [-0.1, -0.05) is 0 Å². The van der Waals surface area contributed by atoms with Gasteiger partial charge in [0.15, 0.2) is 0 Å². The lowest BCUT2D eigenvalue weighted by atomic mass is 10.2. The zero-order valence-corrected chi connectivity index (χ0v) is 9.46. The maximum Gasteiger partial charge on any atom is 0.0996 e. The molecule has 0 spiro atoms. The zero-order valence-electron chi connectivity index (χ0n) is 9.46. The molecule has 5 nitrogen and oxygen atoms in total. The molecule has 0 aliphatic carbocycles. The van der Waals surface area contributed by atoms with Crippen LogP contribution < -0.4 is 10.6 Å². The van der Waals surface area contributed by atoms with Crippen molar-refractivity contribution < 1.29 is 5.11 Å². The molecular formula is C11H16N4O. The Morgan fingerprint density at radius 3 is 2.94 bits per heavy atom. The highest BCUT2D eigenvalue weighted by atomic mass is 16.3. The van der Waals surface area contributed by atoms with Gasteiger partial charge in [-0.2, -0.15) is 0 Å². The lowest BCUT2D eigenvalue weighted by Crippen LogP contribution is -2.15. The summed E-state index contributed by atoms with van der Waals surface area (Å²) >= 11 is 0. The predicted molar refractivity (Wildman–Crippen MR) is 63.5 cm³/mol. The molecule has 1 atom stereocenters. The normalized spacial score (nSPS) is 13.0. The van der Waals surface area contributed by atoms with E-state index in [9.17, 15) is 0 Å². The summed E-state index contributed by atoms with van der Waals surface area (Å²) in [7, 11) is 3.96. The molecule has 2 aromatic rings. The van der Waals surface area contributed by atoms with Gasteiger partial charge in [-0.3, -0.25) is 0 Å². The van der Waals surface area contributed by atoms with Gasteiger partial charge in [-0.25, -0.2) is 4.98 Å². The van der Waals surface area contributed by atoms with Gasteiger partial charge in [0.25, 0.3) is 0 Å². The summed E-state index contributed by atoms with van der Waals surface area (Å²) in [5.74, 6) is 0. The third-order valence-corrected chi connectivity index (χ3v) is 2.62. The van der Waals surface area contributed by atoms with Gasteiger partial charge < -0.3 is 20.1 Å². The van der Waals surface area contributed by atoms with E-state index < -0.39 is 6.04 Å². The van der Waals surface area contributed by atoms with Crippen LogP contribution in [0.3, 0.4) is 0 Å². The van der Waals surface area contributed by atoms with Crippen molar-refractivity contribution in [3.8, 4) is 0 Å². The number of pyridine rings is 1. The van der Waals surface area contributed by atoms with E-state index >= 15 is 0 Å². The molecule has 3 N–H and O–H groups in total. The number of rotatable bonds is 3. The van der Waals surface area contributed by atoms with Crippen LogP contribution in [0.2, 0.25) is 0 Å². The molecule has 2 rings (SSSR count). The summed E-state index contributed by atoms with van der Waals surface area (Å²) in [6, 6.07) is 3.59. The van der Waals surface area contributed by atoms with Crippen molar-refractivity contribution in [2.24, 2.45) is 5.73 Å².